The highest BCUT2D eigenvalue weighted by atomic mass is 28.4. The van der Waals surface area contributed by atoms with E-state index in [0.29, 0.717) is 18.4 Å². The molecular formula is C46H76O13Si2. The first kappa shape index (κ1) is 51.0. The largest absolute Gasteiger partial charge is 0.459 e. The molecule has 0 amide bonds. The van der Waals surface area contributed by atoms with Gasteiger partial charge in [0.05, 0.1) is 5.56 Å². The molecule has 0 bridgehead atoms. The van der Waals surface area contributed by atoms with Crippen LogP contribution in [-0.2, 0) is 56.4 Å². The van der Waals surface area contributed by atoms with E-state index >= 15 is 9.59 Å². The van der Waals surface area contributed by atoms with Crippen molar-refractivity contribution < 1.29 is 61.2 Å². The van der Waals surface area contributed by atoms with Crippen molar-refractivity contribution in [2.24, 2.45) is 0 Å². The topological polar surface area (TPSA) is 151 Å². The van der Waals surface area contributed by atoms with Gasteiger partial charge in [0.2, 0.25) is 17.3 Å². The molecule has 2 saturated heterocycles. The van der Waals surface area contributed by atoms with Crippen LogP contribution in [0.2, 0.25) is 36.3 Å². The molecule has 1 aromatic carbocycles. The van der Waals surface area contributed by atoms with Crippen molar-refractivity contribution in [3.05, 3.63) is 35.9 Å². The van der Waals surface area contributed by atoms with Crippen molar-refractivity contribution in [2.75, 3.05) is 6.61 Å². The van der Waals surface area contributed by atoms with Crippen molar-refractivity contribution in [3.63, 3.8) is 0 Å². The van der Waals surface area contributed by atoms with Crippen molar-refractivity contribution in [2.45, 2.75) is 224 Å². The molecule has 61 heavy (non-hydrogen) atoms. The van der Waals surface area contributed by atoms with Crippen LogP contribution >= 0.6 is 0 Å². The number of benzene rings is 1. The molecule has 1 saturated carbocycles. The fraction of sp³-hybridized carbons (Fsp3) is 0.783. The van der Waals surface area contributed by atoms with Crippen molar-refractivity contribution in [1.29, 1.82) is 0 Å². The molecular weight excluding hydrogens is 817 g/mol. The first-order chi connectivity index (χ1) is 27.4. The van der Waals surface area contributed by atoms with Gasteiger partial charge in [-0.1, -0.05) is 59.7 Å². The van der Waals surface area contributed by atoms with Gasteiger partial charge >= 0.3 is 23.9 Å². The van der Waals surface area contributed by atoms with Crippen molar-refractivity contribution in [3.8, 4) is 0 Å². The number of rotatable bonds is 11. The Labute approximate surface area is 367 Å². The van der Waals surface area contributed by atoms with Crippen LogP contribution in [0.3, 0.4) is 0 Å². The highest BCUT2D eigenvalue weighted by Gasteiger charge is 2.85. The molecule has 13 nitrogen and oxygen atoms in total. The minimum Gasteiger partial charge on any atom is -0.459 e. The van der Waals surface area contributed by atoms with Crippen LogP contribution in [0.1, 0.15) is 140 Å². The summed E-state index contributed by atoms with van der Waals surface area (Å²) in [4.78, 5) is 60.5. The number of carbonyl (C=O) groups is 4. The van der Waals surface area contributed by atoms with Crippen LogP contribution in [0.15, 0.2) is 30.3 Å². The zero-order valence-corrected chi connectivity index (χ0v) is 42.5. The lowest BCUT2D eigenvalue weighted by molar-refractivity contribution is -0.265. The van der Waals surface area contributed by atoms with E-state index in [1.54, 1.807) is 92.6 Å². The summed E-state index contributed by atoms with van der Waals surface area (Å²) >= 11 is 0. The van der Waals surface area contributed by atoms with Crippen LogP contribution in [0, 0.1) is 0 Å². The standard InChI is InChI=1S/C46H76O13Si2/c1-39(2,3)54-36(48)34-46(38(50)56-41(7,8)9,59-44(53-34)27-23-24-28-44)45(37(49)55-40(4,5)6)33(58-61(18,19)43(13,14)15)32(57-60(16,17)42(10,11)12)31(52-45)29-51-35(47)30-25-21-20-22-26-30/h20-22,25-26,31-34H,23-24,27-29H2,1-19H3/t31-,32-,33+,34+,45-,46+/m0/s1. The Morgan fingerprint density at radius 2 is 1.10 bits per heavy atom. The first-order valence-electron chi connectivity index (χ1n) is 21.8. The second-order valence-electron chi connectivity index (χ2n) is 23.0. The van der Waals surface area contributed by atoms with Crippen LogP contribution in [-0.4, -0.2) is 105 Å². The summed E-state index contributed by atoms with van der Waals surface area (Å²) in [5.41, 5.74) is -8.61. The molecule has 2 heterocycles. The summed E-state index contributed by atoms with van der Waals surface area (Å²) in [6, 6.07) is 8.49. The SMILES string of the molecule is CC(C)(C)OC(=O)[C@H]1OC2(CCCC2)O[C@]1(C(=O)OC(C)(C)C)[C@]1(C(=O)OC(C)(C)C)O[C@@H](COC(=O)c2ccccc2)[C@H](O[Si](C)(C)C(C)(C)C)[C@H]1O[Si](C)(C)C(C)(C)C. The van der Waals surface area contributed by atoms with Gasteiger partial charge in [0.15, 0.2) is 22.4 Å². The highest BCUT2D eigenvalue weighted by Crippen LogP contribution is 2.59. The lowest BCUT2D eigenvalue weighted by Gasteiger charge is -2.50. The third kappa shape index (κ3) is 10.8. The van der Waals surface area contributed by atoms with Gasteiger partial charge in [-0.3, -0.25) is 0 Å². The lowest BCUT2D eigenvalue weighted by atomic mass is 9.73. The van der Waals surface area contributed by atoms with E-state index < -0.39 is 110 Å². The number of ether oxygens (including phenoxy) is 7. The van der Waals surface area contributed by atoms with Gasteiger partial charge in [-0.05, 0) is 124 Å². The average molecular weight is 893 g/mol. The monoisotopic (exact) mass is 892 g/mol. The normalized spacial score (nSPS) is 27.5. The number of hydrogen-bond acceptors (Lipinski definition) is 13. The second kappa shape index (κ2) is 17.0. The van der Waals surface area contributed by atoms with E-state index in [1.807, 2.05) is 47.0 Å². The fourth-order valence-corrected chi connectivity index (χ4v) is 9.91. The van der Waals surface area contributed by atoms with Crippen LogP contribution in [0.25, 0.3) is 0 Å². The van der Waals surface area contributed by atoms with Gasteiger partial charge in [0, 0.05) is 12.8 Å². The van der Waals surface area contributed by atoms with E-state index in [0.717, 1.165) is 0 Å². The van der Waals surface area contributed by atoms with Gasteiger partial charge < -0.3 is 42.0 Å². The quantitative estimate of drug-likeness (QED) is 0.118. The average Bonchev–Trinajstić information content (AvgIpc) is 3.76. The maximum absolute atomic E-state index is 16.0. The fourth-order valence-electron chi connectivity index (χ4n) is 7.31. The zero-order chi connectivity index (χ0) is 46.6. The molecule has 0 aromatic heterocycles. The van der Waals surface area contributed by atoms with E-state index in [1.165, 1.54) is 0 Å². The Balaban J connectivity index is 2.22. The predicted molar refractivity (Wildman–Crippen MR) is 236 cm³/mol. The first-order valence-corrected chi connectivity index (χ1v) is 27.6. The lowest BCUT2D eigenvalue weighted by Crippen LogP contribution is -2.77. The summed E-state index contributed by atoms with van der Waals surface area (Å²) in [5, 5.41) is -0.866. The molecule has 0 N–H and O–H groups in total. The van der Waals surface area contributed by atoms with Crippen LogP contribution in [0.5, 0.6) is 0 Å². The molecule has 6 atom stereocenters. The van der Waals surface area contributed by atoms with Gasteiger partial charge in [0.1, 0.15) is 41.7 Å². The third-order valence-corrected chi connectivity index (χ3v) is 21.2. The molecule has 15 heteroatoms. The third-order valence-electron chi connectivity index (χ3n) is 12.2. The maximum atomic E-state index is 16.0. The number of esters is 4. The molecule has 1 spiro atoms. The van der Waals surface area contributed by atoms with E-state index in [9.17, 15) is 9.59 Å². The van der Waals surface area contributed by atoms with Gasteiger partial charge in [0.25, 0.3) is 0 Å². The summed E-state index contributed by atoms with van der Waals surface area (Å²) in [6.45, 7) is 35.2. The Morgan fingerprint density at radius 1 is 0.639 bits per heavy atom. The van der Waals surface area contributed by atoms with Crippen LogP contribution in [0.4, 0.5) is 0 Å². The van der Waals surface area contributed by atoms with Gasteiger partial charge in [-0.2, -0.15) is 0 Å². The minimum atomic E-state index is -3.07. The molecule has 3 fully saturated rings. The molecule has 1 aliphatic carbocycles. The highest BCUT2D eigenvalue weighted by molar-refractivity contribution is 6.74. The Hall–Kier alpha value is -2.67. The molecule has 4 rings (SSSR count). The van der Waals surface area contributed by atoms with Crippen molar-refractivity contribution >= 4 is 40.5 Å². The van der Waals surface area contributed by atoms with Crippen LogP contribution < -0.4 is 0 Å². The zero-order valence-electron chi connectivity index (χ0n) is 40.5. The predicted octanol–water partition coefficient (Wildman–Crippen LogP) is 9.21. The number of carbonyl (C=O) groups excluding carboxylic acids is 4. The van der Waals surface area contributed by atoms with E-state index in [2.05, 4.69) is 20.8 Å². The molecule has 3 aliphatic rings. The summed E-state index contributed by atoms with van der Waals surface area (Å²) in [6.07, 6.45) is -4.09. The summed E-state index contributed by atoms with van der Waals surface area (Å²) in [5.74, 6) is -5.33. The molecule has 0 radical (unpaired) electrons. The summed E-state index contributed by atoms with van der Waals surface area (Å²) in [7, 11) is -5.96. The Bertz CT molecular complexity index is 1750. The molecule has 2 aliphatic heterocycles. The Morgan fingerprint density at radius 3 is 1.56 bits per heavy atom. The van der Waals surface area contributed by atoms with Crippen molar-refractivity contribution in [1.82, 2.24) is 0 Å². The van der Waals surface area contributed by atoms with E-state index in [4.69, 9.17) is 42.0 Å². The van der Waals surface area contributed by atoms with E-state index in [-0.39, 0.29) is 17.9 Å². The molecule has 1 aromatic rings. The molecule has 0 unspecified atom stereocenters. The minimum absolute atomic E-state index is 0.289. The van der Waals surface area contributed by atoms with Gasteiger partial charge in [-0.25, -0.2) is 19.2 Å². The Kier molecular flexibility index (Phi) is 14.2. The smallest absolute Gasteiger partial charge is 0.346 e. The molecule has 346 valence electrons. The van der Waals surface area contributed by atoms with Gasteiger partial charge in [-0.15, -0.1) is 0 Å². The second-order valence-corrected chi connectivity index (χ2v) is 32.5. The summed E-state index contributed by atoms with van der Waals surface area (Å²) < 4.78 is 60.7. The number of hydrogen-bond donors (Lipinski definition) is 0. The maximum Gasteiger partial charge on any atom is 0.346 e.